The largest absolute Gasteiger partial charge is 0.503 e. The molecule has 0 bridgehead atoms. The minimum atomic E-state index is -2.83. The lowest BCUT2D eigenvalue weighted by molar-refractivity contribution is 0.146. The molecule has 5 heteroatoms. The third-order valence-corrected chi connectivity index (χ3v) is 1.53. The molecule has 0 aliphatic carbocycles. The Morgan fingerprint density at radius 2 is 2.17 bits per heavy atom. The second-order valence-corrected chi connectivity index (χ2v) is 2.36. The molecule has 0 saturated heterocycles. The second kappa shape index (κ2) is 2.92. The van der Waals surface area contributed by atoms with Gasteiger partial charge in [0, 0.05) is 6.20 Å². The zero-order valence-corrected chi connectivity index (χ0v) is 6.27. The van der Waals surface area contributed by atoms with Crippen LogP contribution in [0.2, 0.25) is 0 Å². The average molecular weight is 175 g/mol. The van der Waals surface area contributed by atoms with E-state index in [4.69, 9.17) is 5.11 Å². The number of pyridine rings is 1. The lowest BCUT2D eigenvalue weighted by Gasteiger charge is -2.04. The summed E-state index contributed by atoms with van der Waals surface area (Å²) in [7, 11) is 0. The van der Waals surface area contributed by atoms with Gasteiger partial charge in [-0.25, -0.2) is 8.78 Å². The Bertz CT molecular complexity index is 346. The highest BCUT2D eigenvalue weighted by Crippen LogP contribution is 2.27. The molecule has 0 fully saturated rings. The van der Waals surface area contributed by atoms with E-state index in [2.05, 4.69) is 4.98 Å². The van der Waals surface area contributed by atoms with Crippen molar-refractivity contribution in [1.29, 1.82) is 0 Å². The van der Waals surface area contributed by atoms with Crippen LogP contribution in [-0.2, 0) is 0 Å². The predicted molar refractivity (Wildman–Crippen MR) is 38.4 cm³/mol. The van der Waals surface area contributed by atoms with Gasteiger partial charge in [0.05, 0.1) is 5.56 Å². The van der Waals surface area contributed by atoms with Crippen LogP contribution >= 0.6 is 0 Å². The maximum atomic E-state index is 12.2. The summed E-state index contributed by atoms with van der Waals surface area (Å²) in [4.78, 5) is 12.8. The smallest absolute Gasteiger partial charge is 0.290 e. The van der Waals surface area contributed by atoms with Gasteiger partial charge >= 0.3 is 0 Å². The van der Waals surface area contributed by atoms with Crippen molar-refractivity contribution >= 4 is 0 Å². The van der Waals surface area contributed by atoms with Crippen LogP contribution in [0.4, 0.5) is 8.78 Å². The van der Waals surface area contributed by atoms with Gasteiger partial charge < -0.3 is 10.1 Å². The molecule has 0 atom stereocenters. The first-order chi connectivity index (χ1) is 5.54. The number of alkyl halides is 2. The van der Waals surface area contributed by atoms with Crippen molar-refractivity contribution in [2.24, 2.45) is 0 Å². The molecule has 0 aliphatic heterocycles. The molecular weight excluding hydrogens is 168 g/mol. The quantitative estimate of drug-likeness (QED) is 0.676. The third-order valence-electron chi connectivity index (χ3n) is 1.53. The molecule has 0 amide bonds. The molecule has 1 heterocycles. The molecule has 2 N–H and O–H groups in total. The molecule has 12 heavy (non-hydrogen) atoms. The Morgan fingerprint density at radius 3 is 2.58 bits per heavy atom. The monoisotopic (exact) mass is 175 g/mol. The summed E-state index contributed by atoms with van der Waals surface area (Å²) in [6.07, 6.45) is -1.68. The fourth-order valence-electron chi connectivity index (χ4n) is 0.904. The Balaban J connectivity index is 3.43. The van der Waals surface area contributed by atoms with Crippen molar-refractivity contribution in [3.8, 4) is 5.75 Å². The van der Waals surface area contributed by atoms with Crippen LogP contribution in [0.1, 0.15) is 17.6 Å². The van der Waals surface area contributed by atoms with Crippen LogP contribution in [-0.4, -0.2) is 10.1 Å². The van der Waals surface area contributed by atoms with Crippen LogP contribution in [0.25, 0.3) is 0 Å². The number of hydrogen-bond donors (Lipinski definition) is 2. The topological polar surface area (TPSA) is 53.1 Å². The van der Waals surface area contributed by atoms with Crippen LogP contribution in [0.3, 0.4) is 0 Å². The van der Waals surface area contributed by atoms with E-state index in [0.29, 0.717) is 0 Å². The first-order valence-corrected chi connectivity index (χ1v) is 3.23. The van der Waals surface area contributed by atoms with Crippen LogP contribution in [0.5, 0.6) is 5.75 Å². The summed E-state index contributed by atoms with van der Waals surface area (Å²) < 4.78 is 24.3. The van der Waals surface area contributed by atoms with Gasteiger partial charge in [0.2, 0.25) is 0 Å². The second-order valence-electron chi connectivity index (χ2n) is 2.36. The maximum Gasteiger partial charge on any atom is 0.290 e. The van der Waals surface area contributed by atoms with Crippen molar-refractivity contribution in [2.75, 3.05) is 0 Å². The van der Waals surface area contributed by atoms with Crippen molar-refractivity contribution in [2.45, 2.75) is 13.3 Å². The Hall–Kier alpha value is -1.39. The summed E-state index contributed by atoms with van der Waals surface area (Å²) >= 11 is 0. The molecular formula is C7H7F2NO2. The molecule has 3 nitrogen and oxygen atoms in total. The first-order valence-electron chi connectivity index (χ1n) is 3.23. The third kappa shape index (κ3) is 1.30. The average Bonchev–Trinajstić information content (AvgIpc) is 1.97. The number of nitrogens with one attached hydrogen (secondary N) is 1. The molecule has 66 valence electrons. The number of H-pyrrole nitrogens is 1. The molecule has 0 unspecified atom stereocenters. The van der Waals surface area contributed by atoms with Gasteiger partial charge in [0.25, 0.3) is 12.0 Å². The summed E-state index contributed by atoms with van der Waals surface area (Å²) in [5.74, 6) is -0.898. The van der Waals surface area contributed by atoms with Gasteiger partial charge in [-0.3, -0.25) is 4.79 Å². The van der Waals surface area contributed by atoms with E-state index in [0.717, 1.165) is 6.20 Å². The lowest BCUT2D eigenvalue weighted by Crippen LogP contribution is -2.08. The first kappa shape index (κ1) is 8.70. The van der Waals surface area contributed by atoms with Gasteiger partial charge in [-0.15, -0.1) is 0 Å². The normalized spacial score (nSPS) is 10.7. The van der Waals surface area contributed by atoms with Gasteiger partial charge in [0.1, 0.15) is 0 Å². The standard InChI is InChI=1S/C7H7F2NO2/c1-3-2-10-7(12)5(11)4(3)6(8)9/h2,6,11H,1H3,(H,10,12). The molecule has 1 aromatic rings. The zero-order chi connectivity index (χ0) is 9.30. The van der Waals surface area contributed by atoms with E-state index in [1.807, 2.05) is 0 Å². The number of aromatic hydroxyl groups is 1. The number of aryl methyl sites for hydroxylation is 1. The molecule has 1 rings (SSSR count). The van der Waals surface area contributed by atoms with Crippen LogP contribution in [0.15, 0.2) is 11.0 Å². The summed E-state index contributed by atoms with van der Waals surface area (Å²) in [5.41, 5.74) is -1.32. The van der Waals surface area contributed by atoms with Gasteiger partial charge in [-0.05, 0) is 12.5 Å². The Morgan fingerprint density at radius 1 is 1.58 bits per heavy atom. The maximum absolute atomic E-state index is 12.2. The van der Waals surface area contributed by atoms with Crippen LogP contribution in [0, 0.1) is 6.92 Å². The summed E-state index contributed by atoms with van der Waals surface area (Å²) in [5, 5.41) is 8.93. The van der Waals surface area contributed by atoms with E-state index >= 15 is 0 Å². The molecule has 0 spiro atoms. The minimum Gasteiger partial charge on any atom is -0.503 e. The fourth-order valence-corrected chi connectivity index (χ4v) is 0.904. The molecule has 1 aromatic heterocycles. The Kier molecular flexibility index (Phi) is 2.12. The molecule has 0 saturated carbocycles. The summed E-state index contributed by atoms with van der Waals surface area (Å²) in [6.45, 7) is 1.39. The van der Waals surface area contributed by atoms with E-state index in [1.54, 1.807) is 0 Å². The number of rotatable bonds is 1. The number of hydrogen-bond acceptors (Lipinski definition) is 2. The molecule has 0 radical (unpaired) electrons. The van der Waals surface area contributed by atoms with E-state index < -0.39 is 23.3 Å². The lowest BCUT2D eigenvalue weighted by atomic mass is 10.1. The van der Waals surface area contributed by atoms with Crippen molar-refractivity contribution in [1.82, 2.24) is 4.98 Å². The Labute approximate surface area is 66.7 Å². The van der Waals surface area contributed by atoms with E-state index in [-0.39, 0.29) is 5.56 Å². The molecule has 0 aromatic carbocycles. The highest BCUT2D eigenvalue weighted by atomic mass is 19.3. The van der Waals surface area contributed by atoms with Crippen molar-refractivity contribution in [3.05, 3.63) is 27.7 Å². The fraction of sp³-hybridized carbons (Fsp3) is 0.286. The molecule has 0 aliphatic rings. The van der Waals surface area contributed by atoms with Crippen molar-refractivity contribution < 1.29 is 13.9 Å². The minimum absolute atomic E-state index is 0.169. The number of aromatic amines is 1. The van der Waals surface area contributed by atoms with Crippen LogP contribution < -0.4 is 5.56 Å². The van der Waals surface area contributed by atoms with Gasteiger partial charge in [-0.1, -0.05) is 0 Å². The highest BCUT2D eigenvalue weighted by Gasteiger charge is 2.17. The number of aromatic nitrogens is 1. The summed E-state index contributed by atoms with van der Waals surface area (Å²) in [6, 6.07) is 0. The highest BCUT2D eigenvalue weighted by molar-refractivity contribution is 5.35. The number of halogens is 2. The van der Waals surface area contributed by atoms with E-state index in [1.165, 1.54) is 6.92 Å². The predicted octanol–water partition coefficient (Wildman–Crippen LogP) is 1.33. The zero-order valence-electron chi connectivity index (χ0n) is 6.27. The SMILES string of the molecule is Cc1c[nH]c(=O)c(O)c1C(F)F. The van der Waals surface area contributed by atoms with Gasteiger partial charge in [0.15, 0.2) is 5.75 Å². The van der Waals surface area contributed by atoms with Gasteiger partial charge in [-0.2, -0.15) is 0 Å². The van der Waals surface area contributed by atoms with Crippen molar-refractivity contribution in [3.63, 3.8) is 0 Å². The van der Waals surface area contributed by atoms with E-state index in [9.17, 15) is 13.6 Å².